The van der Waals surface area contributed by atoms with E-state index in [1.54, 1.807) is 0 Å². The van der Waals surface area contributed by atoms with Gasteiger partial charge in [0.2, 0.25) is 0 Å². The topological polar surface area (TPSA) is 63.3 Å². The summed E-state index contributed by atoms with van der Waals surface area (Å²) in [5.74, 6) is 1.36. The second-order valence-corrected chi connectivity index (χ2v) is 7.83. The third kappa shape index (κ3) is 3.76. The summed E-state index contributed by atoms with van der Waals surface area (Å²) in [6.07, 6.45) is 1.52. The van der Waals surface area contributed by atoms with Gasteiger partial charge >= 0.3 is 0 Å². The molecular weight excluding hydrogens is 408 g/mol. The van der Waals surface area contributed by atoms with Gasteiger partial charge in [-0.05, 0) is 43.7 Å². The summed E-state index contributed by atoms with van der Waals surface area (Å²) in [4.78, 5) is 8.66. The number of hydrogen-bond donors (Lipinski definition) is 1. The van der Waals surface area contributed by atoms with E-state index in [2.05, 4.69) is 39.6 Å². The van der Waals surface area contributed by atoms with Crippen LogP contribution < -0.4 is 10.8 Å². The maximum absolute atomic E-state index is 6.40. The van der Waals surface area contributed by atoms with Gasteiger partial charge in [0.25, 0.3) is 0 Å². The number of aryl methyl sites for hydroxylation is 2. The van der Waals surface area contributed by atoms with Gasteiger partial charge in [0, 0.05) is 27.4 Å². The molecule has 0 bridgehead atoms. The zero-order chi connectivity index (χ0) is 21.4. The highest BCUT2D eigenvalue weighted by Crippen LogP contribution is 2.26. The maximum Gasteiger partial charge on any atom is 0.157 e. The van der Waals surface area contributed by atoms with E-state index < -0.39 is 0 Å². The fourth-order valence-electron chi connectivity index (χ4n) is 3.45. The van der Waals surface area contributed by atoms with Crippen LogP contribution in [0.25, 0.3) is 33.2 Å². The summed E-state index contributed by atoms with van der Waals surface area (Å²) in [6, 6.07) is 21.7. The molecule has 0 saturated carbocycles. The quantitative estimate of drug-likeness (QED) is 0.347. The predicted octanol–water partition coefficient (Wildman–Crippen LogP) is 6.24. The molecule has 0 atom stereocenters. The Bertz CT molecular complexity index is 1480. The SMILES string of the molecule is Cc1ccc(-c2cc(=NNc3ncnc4ccccc34)c3cc(Cl)c(C)cc3o2)cc1. The molecule has 2 aromatic heterocycles. The minimum Gasteiger partial charge on any atom is -0.456 e. The van der Waals surface area contributed by atoms with Crippen LogP contribution in [0.15, 0.2) is 82.6 Å². The van der Waals surface area contributed by atoms with Crippen LogP contribution in [0.5, 0.6) is 0 Å². The summed E-state index contributed by atoms with van der Waals surface area (Å²) in [7, 11) is 0. The van der Waals surface area contributed by atoms with E-state index in [0.29, 0.717) is 21.8 Å². The van der Waals surface area contributed by atoms with E-state index in [9.17, 15) is 0 Å². The molecule has 0 unspecified atom stereocenters. The number of anilines is 1. The molecule has 5 rings (SSSR count). The molecule has 0 aliphatic rings. The van der Waals surface area contributed by atoms with Gasteiger partial charge < -0.3 is 4.42 Å². The van der Waals surface area contributed by atoms with Crippen LogP contribution in [0.4, 0.5) is 5.82 Å². The molecule has 0 amide bonds. The highest BCUT2D eigenvalue weighted by atomic mass is 35.5. The lowest BCUT2D eigenvalue weighted by Crippen LogP contribution is -2.08. The van der Waals surface area contributed by atoms with E-state index in [1.807, 2.05) is 61.5 Å². The van der Waals surface area contributed by atoms with Gasteiger partial charge in [-0.1, -0.05) is 53.6 Å². The van der Waals surface area contributed by atoms with Crippen molar-refractivity contribution >= 4 is 39.3 Å². The van der Waals surface area contributed by atoms with Crippen molar-refractivity contribution in [3.63, 3.8) is 0 Å². The molecule has 0 spiro atoms. The molecular formula is C25H19ClN4O. The Morgan fingerprint density at radius 2 is 1.71 bits per heavy atom. The monoisotopic (exact) mass is 426 g/mol. The van der Waals surface area contributed by atoms with Crippen LogP contribution in [-0.4, -0.2) is 9.97 Å². The van der Waals surface area contributed by atoms with Crippen LogP contribution in [0.2, 0.25) is 5.02 Å². The van der Waals surface area contributed by atoms with E-state index in [1.165, 1.54) is 11.9 Å². The minimum absolute atomic E-state index is 0.634. The molecule has 0 fully saturated rings. The molecule has 2 heterocycles. The van der Waals surface area contributed by atoms with Gasteiger partial charge in [0.1, 0.15) is 17.7 Å². The van der Waals surface area contributed by atoms with Crippen LogP contribution in [0, 0.1) is 13.8 Å². The number of aromatic nitrogens is 2. The summed E-state index contributed by atoms with van der Waals surface area (Å²) in [6.45, 7) is 4.02. The molecule has 3 aromatic carbocycles. The Kier molecular flexibility index (Phi) is 4.88. The van der Waals surface area contributed by atoms with E-state index >= 15 is 0 Å². The van der Waals surface area contributed by atoms with Crippen LogP contribution in [-0.2, 0) is 0 Å². The molecule has 6 heteroatoms. The number of hydrogen-bond acceptors (Lipinski definition) is 5. The Morgan fingerprint density at radius 1 is 0.903 bits per heavy atom. The molecule has 0 aliphatic heterocycles. The molecule has 5 nitrogen and oxygen atoms in total. The number of para-hydroxylation sites is 1. The van der Waals surface area contributed by atoms with Crippen molar-refractivity contribution in [1.82, 2.24) is 9.97 Å². The lowest BCUT2D eigenvalue weighted by atomic mass is 10.1. The summed E-state index contributed by atoms with van der Waals surface area (Å²) >= 11 is 6.40. The number of nitrogens with zero attached hydrogens (tertiary/aromatic N) is 3. The lowest BCUT2D eigenvalue weighted by molar-refractivity contribution is 0.618. The maximum atomic E-state index is 6.40. The molecule has 31 heavy (non-hydrogen) atoms. The summed E-state index contributed by atoms with van der Waals surface area (Å²) in [5, 5.41) is 7.75. The molecule has 152 valence electrons. The predicted molar refractivity (Wildman–Crippen MR) is 125 cm³/mol. The van der Waals surface area contributed by atoms with Crippen LogP contribution >= 0.6 is 11.6 Å². The first-order chi connectivity index (χ1) is 15.1. The van der Waals surface area contributed by atoms with Crippen molar-refractivity contribution in [1.29, 1.82) is 0 Å². The van der Waals surface area contributed by atoms with Gasteiger partial charge in [-0.15, -0.1) is 0 Å². The number of fused-ring (bicyclic) bond motifs is 2. The van der Waals surface area contributed by atoms with Gasteiger partial charge in [-0.25, -0.2) is 9.97 Å². The first-order valence-electron chi connectivity index (χ1n) is 9.89. The van der Waals surface area contributed by atoms with E-state index in [4.69, 9.17) is 16.0 Å². The van der Waals surface area contributed by atoms with Gasteiger partial charge in [0.15, 0.2) is 5.82 Å². The van der Waals surface area contributed by atoms with Crippen molar-refractivity contribution < 1.29 is 4.42 Å². The van der Waals surface area contributed by atoms with Crippen molar-refractivity contribution in [3.8, 4) is 11.3 Å². The van der Waals surface area contributed by atoms with E-state index in [0.717, 1.165) is 33.2 Å². The van der Waals surface area contributed by atoms with Crippen LogP contribution in [0.1, 0.15) is 11.1 Å². The Balaban J connectivity index is 1.70. The van der Waals surface area contributed by atoms with Gasteiger partial charge in [0.05, 0.1) is 10.9 Å². The third-order valence-electron chi connectivity index (χ3n) is 5.19. The summed E-state index contributed by atoms with van der Waals surface area (Å²) < 4.78 is 6.21. The third-order valence-corrected chi connectivity index (χ3v) is 5.59. The average Bonchev–Trinajstić information content (AvgIpc) is 2.79. The van der Waals surface area contributed by atoms with Gasteiger partial charge in [-0.2, -0.15) is 5.10 Å². The second-order valence-electron chi connectivity index (χ2n) is 7.42. The first-order valence-corrected chi connectivity index (χ1v) is 10.3. The summed E-state index contributed by atoms with van der Waals surface area (Å²) in [5.41, 5.74) is 7.78. The largest absolute Gasteiger partial charge is 0.456 e. The molecule has 1 N–H and O–H groups in total. The number of rotatable bonds is 3. The fraction of sp³-hybridized carbons (Fsp3) is 0.0800. The van der Waals surface area contributed by atoms with Crippen molar-refractivity contribution in [2.75, 3.05) is 5.43 Å². The van der Waals surface area contributed by atoms with E-state index in [-0.39, 0.29) is 0 Å². The van der Waals surface area contributed by atoms with Crippen molar-refractivity contribution in [2.45, 2.75) is 13.8 Å². The second kappa shape index (κ2) is 7.85. The smallest absolute Gasteiger partial charge is 0.157 e. The van der Waals surface area contributed by atoms with Crippen molar-refractivity contribution in [2.24, 2.45) is 5.10 Å². The number of benzene rings is 3. The zero-order valence-corrected chi connectivity index (χ0v) is 17.8. The Morgan fingerprint density at radius 3 is 2.55 bits per heavy atom. The average molecular weight is 427 g/mol. The number of nitrogens with one attached hydrogen (secondary N) is 1. The standard InChI is InChI=1S/C25H19ClN4O/c1-15-7-9-17(10-8-15)23-13-22(19-12-20(26)16(2)11-24(19)31-23)29-30-25-18-5-3-4-6-21(18)27-14-28-25/h3-14H,1-2H3,(H,27,28,30). The lowest BCUT2D eigenvalue weighted by Gasteiger charge is -2.08. The van der Waals surface area contributed by atoms with Crippen LogP contribution in [0.3, 0.4) is 0 Å². The Labute approximate surface area is 184 Å². The highest BCUT2D eigenvalue weighted by Gasteiger charge is 2.09. The fourth-order valence-corrected chi connectivity index (χ4v) is 3.61. The molecule has 0 saturated heterocycles. The number of halogens is 1. The molecule has 0 aliphatic carbocycles. The minimum atomic E-state index is 0.634. The zero-order valence-electron chi connectivity index (χ0n) is 17.1. The Hall–Kier alpha value is -3.70. The molecule has 0 radical (unpaired) electrons. The first kappa shape index (κ1) is 19.3. The molecule has 5 aromatic rings. The normalized spacial score (nSPS) is 11.9. The van der Waals surface area contributed by atoms with Gasteiger partial charge in [-0.3, -0.25) is 5.43 Å². The highest BCUT2D eigenvalue weighted by molar-refractivity contribution is 6.32. The van der Waals surface area contributed by atoms with Crippen molar-refractivity contribution in [3.05, 3.63) is 94.6 Å².